The summed E-state index contributed by atoms with van der Waals surface area (Å²) in [6, 6.07) is 16.8. The van der Waals surface area contributed by atoms with Gasteiger partial charge in [0.15, 0.2) is 0 Å². The molecule has 3 atom stereocenters. The number of carbonyl (C=O) groups is 1. The number of hydrogen-bond donors (Lipinski definition) is 0. The van der Waals surface area contributed by atoms with E-state index in [4.69, 9.17) is 4.74 Å². The quantitative estimate of drug-likeness (QED) is 0.253. The second-order valence-electron chi connectivity index (χ2n) is 10.6. The molecule has 1 aliphatic carbocycles. The average molecular weight is 449 g/mol. The fourth-order valence-electron chi connectivity index (χ4n) is 5.23. The van der Waals surface area contributed by atoms with Crippen LogP contribution in [0.1, 0.15) is 101 Å². The van der Waals surface area contributed by atoms with Gasteiger partial charge in [-0.15, -0.1) is 0 Å². The van der Waals surface area contributed by atoms with Crippen molar-refractivity contribution >= 4 is 5.97 Å². The lowest BCUT2D eigenvalue weighted by molar-refractivity contribution is -0.0174. The number of rotatable bonds is 11. The van der Waals surface area contributed by atoms with Crippen LogP contribution < -0.4 is 0 Å². The first-order chi connectivity index (χ1) is 16.0. The SMILES string of the molecule is CCCCCCCCc1ccc(-c2ccc(C(=O)O[C@@H]3C[C@H](C)CC[C@H]3C(C)C)cc2)cc1. The molecule has 33 heavy (non-hydrogen) atoms. The molecule has 180 valence electrons. The van der Waals surface area contributed by atoms with Gasteiger partial charge in [-0.3, -0.25) is 0 Å². The molecule has 3 rings (SSSR count). The van der Waals surface area contributed by atoms with Crippen LogP contribution >= 0.6 is 0 Å². The van der Waals surface area contributed by atoms with E-state index in [1.54, 1.807) is 0 Å². The standard InChI is InChI=1S/C31H44O2/c1-5-6-7-8-9-10-11-25-13-15-26(16-14-25)27-17-19-28(20-18-27)31(32)33-30-22-24(4)12-21-29(30)23(2)3/h13-20,23-24,29-30H,5-12,21-22H2,1-4H3/t24-,29+,30-/m1/s1. The molecule has 0 aromatic heterocycles. The third-order valence-corrected chi connectivity index (χ3v) is 7.45. The number of aryl methyl sites for hydroxylation is 1. The summed E-state index contributed by atoms with van der Waals surface area (Å²) < 4.78 is 6.01. The summed E-state index contributed by atoms with van der Waals surface area (Å²) in [6.07, 6.45) is 12.6. The van der Waals surface area contributed by atoms with Crippen LogP contribution in [-0.2, 0) is 11.2 Å². The van der Waals surface area contributed by atoms with Gasteiger partial charge in [-0.05, 0) is 72.3 Å². The lowest BCUT2D eigenvalue weighted by atomic mass is 9.75. The van der Waals surface area contributed by atoms with Crippen LogP contribution in [0.5, 0.6) is 0 Å². The van der Waals surface area contributed by atoms with E-state index in [9.17, 15) is 4.79 Å². The van der Waals surface area contributed by atoms with Gasteiger partial charge in [-0.2, -0.15) is 0 Å². The third-order valence-electron chi connectivity index (χ3n) is 7.45. The first-order valence-corrected chi connectivity index (χ1v) is 13.4. The van der Waals surface area contributed by atoms with Crippen molar-refractivity contribution < 1.29 is 9.53 Å². The van der Waals surface area contributed by atoms with Crippen molar-refractivity contribution in [2.24, 2.45) is 17.8 Å². The van der Waals surface area contributed by atoms with Gasteiger partial charge in [0.2, 0.25) is 0 Å². The Morgan fingerprint density at radius 1 is 0.879 bits per heavy atom. The van der Waals surface area contributed by atoms with E-state index in [2.05, 4.69) is 52.0 Å². The second-order valence-corrected chi connectivity index (χ2v) is 10.6. The first-order valence-electron chi connectivity index (χ1n) is 13.4. The van der Waals surface area contributed by atoms with Crippen LogP contribution in [0.3, 0.4) is 0 Å². The maximum absolute atomic E-state index is 12.8. The van der Waals surface area contributed by atoms with Crippen molar-refractivity contribution in [2.45, 2.75) is 98.0 Å². The van der Waals surface area contributed by atoms with E-state index in [0.29, 0.717) is 23.3 Å². The van der Waals surface area contributed by atoms with Gasteiger partial charge in [0.25, 0.3) is 0 Å². The summed E-state index contributed by atoms with van der Waals surface area (Å²) in [5, 5.41) is 0. The van der Waals surface area contributed by atoms with E-state index >= 15 is 0 Å². The maximum Gasteiger partial charge on any atom is 0.338 e. The van der Waals surface area contributed by atoms with Crippen LogP contribution in [0.4, 0.5) is 0 Å². The predicted octanol–water partition coefficient (Wildman–Crippen LogP) is 8.87. The Morgan fingerprint density at radius 3 is 2.12 bits per heavy atom. The second kappa shape index (κ2) is 13.0. The lowest BCUT2D eigenvalue weighted by Crippen LogP contribution is -2.35. The zero-order valence-corrected chi connectivity index (χ0v) is 21.3. The minimum Gasteiger partial charge on any atom is -0.458 e. The minimum atomic E-state index is -0.180. The summed E-state index contributed by atoms with van der Waals surface area (Å²) in [5.41, 5.74) is 4.40. The third kappa shape index (κ3) is 7.73. The van der Waals surface area contributed by atoms with Gasteiger partial charge in [0, 0.05) is 0 Å². The van der Waals surface area contributed by atoms with Crippen molar-refractivity contribution in [2.75, 3.05) is 0 Å². The fraction of sp³-hybridized carbons (Fsp3) is 0.581. The molecule has 2 heteroatoms. The number of esters is 1. The zero-order valence-electron chi connectivity index (χ0n) is 21.3. The lowest BCUT2D eigenvalue weighted by Gasteiger charge is -2.36. The van der Waals surface area contributed by atoms with E-state index in [0.717, 1.165) is 24.8 Å². The fourth-order valence-corrected chi connectivity index (χ4v) is 5.23. The molecule has 1 aliphatic rings. The maximum atomic E-state index is 12.8. The molecule has 0 aliphatic heterocycles. The minimum absolute atomic E-state index is 0.0418. The molecule has 2 aromatic carbocycles. The largest absolute Gasteiger partial charge is 0.458 e. The Kier molecular flexibility index (Phi) is 10.0. The summed E-state index contributed by atoms with van der Waals surface area (Å²) in [4.78, 5) is 12.8. The van der Waals surface area contributed by atoms with Crippen molar-refractivity contribution in [3.8, 4) is 11.1 Å². The molecule has 0 saturated heterocycles. The number of unbranched alkanes of at least 4 members (excludes halogenated alkanes) is 5. The number of carbonyl (C=O) groups excluding carboxylic acids is 1. The summed E-state index contributed by atoms with van der Waals surface area (Å²) in [5.74, 6) is 1.46. The highest BCUT2D eigenvalue weighted by atomic mass is 16.5. The van der Waals surface area contributed by atoms with E-state index in [1.807, 2.05) is 24.3 Å². The Balaban J connectivity index is 1.53. The Labute approximate surface area is 202 Å². The van der Waals surface area contributed by atoms with Gasteiger partial charge in [-0.25, -0.2) is 4.79 Å². The van der Waals surface area contributed by atoms with Crippen molar-refractivity contribution in [3.05, 3.63) is 59.7 Å². The average Bonchev–Trinajstić information content (AvgIpc) is 2.81. The molecule has 2 nitrogen and oxygen atoms in total. The Morgan fingerprint density at radius 2 is 1.48 bits per heavy atom. The monoisotopic (exact) mass is 448 g/mol. The topological polar surface area (TPSA) is 26.3 Å². The highest BCUT2D eigenvalue weighted by molar-refractivity contribution is 5.90. The molecule has 0 unspecified atom stereocenters. The number of benzene rings is 2. The highest BCUT2D eigenvalue weighted by Crippen LogP contribution is 2.35. The highest BCUT2D eigenvalue weighted by Gasteiger charge is 2.33. The van der Waals surface area contributed by atoms with E-state index in [-0.39, 0.29) is 12.1 Å². The number of ether oxygens (including phenoxy) is 1. The molecule has 0 bridgehead atoms. The van der Waals surface area contributed by atoms with Crippen molar-refractivity contribution in [1.29, 1.82) is 0 Å². The van der Waals surface area contributed by atoms with Gasteiger partial charge in [0.1, 0.15) is 6.10 Å². The molecular formula is C31H44O2. The molecule has 0 N–H and O–H groups in total. The van der Waals surface area contributed by atoms with Gasteiger partial charge in [0.05, 0.1) is 5.56 Å². The zero-order chi connectivity index (χ0) is 23.6. The molecule has 1 saturated carbocycles. The van der Waals surface area contributed by atoms with E-state index < -0.39 is 0 Å². The first kappa shape index (κ1) is 25.5. The van der Waals surface area contributed by atoms with Gasteiger partial charge in [-0.1, -0.05) is 103 Å². The van der Waals surface area contributed by atoms with Crippen molar-refractivity contribution in [1.82, 2.24) is 0 Å². The normalized spacial score (nSPS) is 20.7. The van der Waals surface area contributed by atoms with Crippen LogP contribution in [0.2, 0.25) is 0 Å². The molecule has 0 radical (unpaired) electrons. The summed E-state index contributed by atoms with van der Waals surface area (Å²) >= 11 is 0. The molecule has 1 fully saturated rings. The Hall–Kier alpha value is -2.09. The summed E-state index contributed by atoms with van der Waals surface area (Å²) in [6.45, 7) is 9.02. The summed E-state index contributed by atoms with van der Waals surface area (Å²) in [7, 11) is 0. The van der Waals surface area contributed by atoms with Crippen molar-refractivity contribution in [3.63, 3.8) is 0 Å². The predicted molar refractivity (Wildman–Crippen MR) is 140 cm³/mol. The van der Waals surface area contributed by atoms with Crippen LogP contribution in [0.25, 0.3) is 11.1 Å². The van der Waals surface area contributed by atoms with E-state index in [1.165, 1.54) is 56.1 Å². The molecular weight excluding hydrogens is 404 g/mol. The van der Waals surface area contributed by atoms with Crippen LogP contribution in [-0.4, -0.2) is 12.1 Å². The molecule has 0 heterocycles. The van der Waals surface area contributed by atoms with Crippen LogP contribution in [0.15, 0.2) is 48.5 Å². The van der Waals surface area contributed by atoms with Crippen LogP contribution in [0, 0.1) is 17.8 Å². The number of hydrogen-bond acceptors (Lipinski definition) is 2. The van der Waals surface area contributed by atoms with Gasteiger partial charge >= 0.3 is 5.97 Å². The molecule has 2 aromatic rings. The van der Waals surface area contributed by atoms with Gasteiger partial charge < -0.3 is 4.74 Å². The Bertz CT molecular complexity index is 834. The smallest absolute Gasteiger partial charge is 0.338 e. The molecule has 0 spiro atoms. The molecule has 0 amide bonds.